The maximum atomic E-state index is 12.1. The molecule has 0 radical (unpaired) electrons. The van der Waals surface area contributed by atoms with E-state index >= 15 is 0 Å². The van der Waals surface area contributed by atoms with Crippen LogP contribution in [0.5, 0.6) is 0 Å². The molecule has 1 amide bonds. The standard InChI is InChI=1S/C21H21ClN2OS2/c1-14-4-3-5-18-15(2)12-20(24-21(14)18)27-13-19(25)23-10-11-26-17-8-6-16(22)7-9-17/h3-9,12H,10-11,13H2,1-2H3,(H,23,25). The normalized spacial score (nSPS) is 10.9. The first-order valence-corrected chi connectivity index (χ1v) is 11.0. The highest BCUT2D eigenvalue weighted by molar-refractivity contribution is 8.00. The van der Waals surface area contributed by atoms with Crippen molar-refractivity contribution < 1.29 is 4.79 Å². The van der Waals surface area contributed by atoms with E-state index in [4.69, 9.17) is 16.6 Å². The van der Waals surface area contributed by atoms with Gasteiger partial charge in [-0.25, -0.2) is 4.98 Å². The lowest BCUT2D eigenvalue weighted by Crippen LogP contribution is -2.27. The lowest BCUT2D eigenvalue weighted by molar-refractivity contribution is -0.118. The molecule has 6 heteroatoms. The van der Waals surface area contributed by atoms with Crippen LogP contribution in [0.2, 0.25) is 5.02 Å². The Bertz CT molecular complexity index is 945. The van der Waals surface area contributed by atoms with Crippen LogP contribution in [-0.4, -0.2) is 28.9 Å². The van der Waals surface area contributed by atoms with Crippen molar-refractivity contribution in [2.75, 3.05) is 18.1 Å². The first-order chi connectivity index (χ1) is 13.0. The third-order valence-corrected chi connectivity index (χ3v) is 6.26. The first kappa shape index (κ1) is 20.1. The molecule has 27 heavy (non-hydrogen) atoms. The van der Waals surface area contributed by atoms with E-state index in [1.165, 1.54) is 22.7 Å². The molecule has 0 spiro atoms. The van der Waals surface area contributed by atoms with Crippen LogP contribution in [-0.2, 0) is 4.79 Å². The molecule has 3 rings (SSSR count). The summed E-state index contributed by atoms with van der Waals surface area (Å²) in [7, 11) is 0. The molecule has 140 valence electrons. The number of rotatable bonds is 7. The average molecular weight is 417 g/mol. The topological polar surface area (TPSA) is 42.0 Å². The molecule has 3 nitrogen and oxygen atoms in total. The smallest absolute Gasteiger partial charge is 0.230 e. The number of benzene rings is 2. The van der Waals surface area contributed by atoms with Gasteiger partial charge in [-0.15, -0.1) is 11.8 Å². The van der Waals surface area contributed by atoms with E-state index in [2.05, 4.69) is 43.4 Å². The fourth-order valence-corrected chi connectivity index (χ4v) is 4.38. The minimum absolute atomic E-state index is 0.0287. The highest BCUT2D eigenvalue weighted by atomic mass is 35.5. The van der Waals surface area contributed by atoms with Gasteiger partial charge in [-0.05, 0) is 55.3 Å². The summed E-state index contributed by atoms with van der Waals surface area (Å²) in [6.07, 6.45) is 0. The summed E-state index contributed by atoms with van der Waals surface area (Å²) < 4.78 is 0. The zero-order chi connectivity index (χ0) is 19.2. The summed E-state index contributed by atoms with van der Waals surface area (Å²) in [5.41, 5.74) is 3.35. The fourth-order valence-electron chi connectivity index (χ4n) is 2.69. The Morgan fingerprint density at radius 3 is 2.63 bits per heavy atom. The number of aromatic nitrogens is 1. The highest BCUT2D eigenvalue weighted by Gasteiger charge is 2.08. The van der Waals surface area contributed by atoms with Crippen molar-refractivity contribution >= 4 is 51.9 Å². The fraction of sp³-hybridized carbons (Fsp3) is 0.238. The second kappa shape index (κ2) is 9.49. The Labute approximate surface area is 173 Å². The largest absolute Gasteiger partial charge is 0.355 e. The quantitative estimate of drug-likeness (QED) is 0.407. The van der Waals surface area contributed by atoms with Gasteiger partial charge in [0.1, 0.15) is 0 Å². The van der Waals surface area contributed by atoms with Gasteiger partial charge in [0, 0.05) is 27.6 Å². The van der Waals surface area contributed by atoms with Gasteiger partial charge < -0.3 is 5.32 Å². The molecule has 0 bridgehead atoms. The number of para-hydroxylation sites is 1. The summed E-state index contributed by atoms with van der Waals surface area (Å²) in [6, 6.07) is 16.0. The first-order valence-electron chi connectivity index (χ1n) is 8.68. The van der Waals surface area contributed by atoms with E-state index in [9.17, 15) is 4.79 Å². The van der Waals surface area contributed by atoms with Crippen LogP contribution >= 0.6 is 35.1 Å². The average Bonchev–Trinajstić information content (AvgIpc) is 2.66. The second-order valence-electron chi connectivity index (χ2n) is 6.19. The maximum absolute atomic E-state index is 12.1. The molecular weight excluding hydrogens is 396 g/mol. The summed E-state index contributed by atoms with van der Waals surface area (Å²) in [6.45, 7) is 4.78. The highest BCUT2D eigenvalue weighted by Crippen LogP contribution is 2.25. The number of thioether (sulfide) groups is 2. The summed E-state index contributed by atoms with van der Waals surface area (Å²) in [5.74, 6) is 1.22. The molecule has 1 heterocycles. The van der Waals surface area contributed by atoms with E-state index in [0.29, 0.717) is 12.3 Å². The SMILES string of the molecule is Cc1cc(SCC(=O)NCCSc2ccc(Cl)cc2)nc2c(C)cccc12. The van der Waals surface area contributed by atoms with Crippen molar-refractivity contribution in [2.24, 2.45) is 0 Å². The van der Waals surface area contributed by atoms with Crippen LogP contribution in [0.3, 0.4) is 0 Å². The molecule has 0 aliphatic heterocycles. The molecule has 2 aromatic carbocycles. The molecule has 0 saturated carbocycles. The molecule has 0 atom stereocenters. The van der Waals surface area contributed by atoms with Crippen molar-refractivity contribution in [3.63, 3.8) is 0 Å². The van der Waals surface area contributed by atoms with Gasteiger partial charge in [0.25, 0.3) is 0 Å². The molecular formula is C21H21ClN2OS2. The van der Waals surface area contributed by atoms with Gasteiger partial charge in [0.2, 0.25) is 5.91 Å². The van der Waals surface area contributed by atoms with Gasteiger partial charge in [0.15, 0.2) is 0 Å². The number of carbonyl (C=O) groups excluding carboxylic acids is 1. The van der Waals surface area contributed by atoms with Crippen LogP contribution in [0.1, 0.15) is 11.1 Å². The summed E-state index contributed by atoms with van der Waals surface area (Å²) in [5, 5.41) is 5.76. The number of hydrogen-bond donors (Lipinski definition) is 1. The Morgan fingerprint density at radius 1 is 1.07 bits per heavy atom. The van der Waals surface area contributed by atoms with Crippen LogP contribution in [0.4, 0.5) is 0 Å². The Morgan fingerprint density at radius 2 is 1.85 bits per heavy atom. The molecule has 1 N–H and O–H groups in total. The van der Waals surface area contributed by atoms with E-state index in [1.807, 2.05) is 24.3 Å². The van der Waals surface area contributed by atoms with Crippen LogP contribution in [0.25, 0.3) is 10.9 Å². The third kappa shape index (κ3) is 5.64. The van der Waals surface area contributed by atoms with E-state index < -0.39 is 0 Å². The Balaban J connectivity index is 1.47. The third-order valence-electron chi connectivity index (χ3n) is 4.08. The molecule has 0 unspecified atom stereocenters. The zero-order valence-electron chi connectivity index (χ0n) is 15.3. The maximum Gasteiger partial charge on any atom is 0.230 e. The summed E-state index contributed by atoms with van der Waals surface area (Å²) in [4.78, 5) is 18.0. The number of pyridine rings is 1. The Kier molecular flexibility index (Phi) is 7.05. The monoisotopic (exact) mass is 416 g/mol. The van der Waals surface area contributed by atoms with Crippen LogP contribution < -0.4 is 5.32 Å². The number of nitrogens with zero attached hydrogens (tertiary/aromatic N) is 1. The van der Waals surface area contributed by atoms with Crippen LogP contribution in [0.15, 0.2) is 58.5 Å². The molecule has 0 saturated heterocycles. The molecule has 0 fully saturated rings. The van der Waals surface area contributed by atoms with E-state index in [0.717, 1.165) is 31.8 Å². The lowest BCUT2D eigenvalue weighted by atomic mass is 10.1. The number of amides is 1. The number of carbonyl (C=O) groups is 1. The van der Waals surface area contributed by atoms with Crippen molar-refractivity contribution in [1.29, 1.82) is 0 Å². The number of aryl methyl sites for hydroxylation is 2. The number of nitrogens with one attached hydrogen (secondary N) is 1. The van der Waals surface area contributed by atoms with Crippen molar-refractivity contribution in [3.05, 3.63) is 64.7 Å². The van der Waals surface area contributed by atoms with Crippen molar-refractivity contribution in [2.45, 2.75) is 23.8 Å². The predicted molar refractivity (Wildman–Crippen MR) is 117 cm³/mol. The van der Waals surface area contributed by atoms with Gasteiger partial charge in [-0.3, -0.25) is 4.79 Å². The number of hydrogen-bond acceptors (Lipinski definition) is 4. The second-order valence-corrected chi connectivity index (χ2v) is 8.79. The molecule has 0 aliphatic carbocycles. The minimum Gasteiger partial charge on any atom is -0.355 e. The zero-order valence-corrected chi connectivity index (χ0v) is 17.7. The Hall–Kier alpha value is -1.69. The van der Waals surface area contributed by atoms with Crippen molar-refractivity contribution in [3.8, 4) is 0 Å². The molecule has 3 aromatic rings. The van der Waals surface area contributed by atoms with E-state index in [1.54, 1.807) is 11.8 Å². The van der Waals surface area contributed by atoms with E-state index in [-0.39, 0.29) is 5.91 Å². The molecule has 1 aromatic heterocycles. The van der Waals surface area contributed by atoms with Gasteiger partial charge in [-0.1, -0.05) is 41.6 Å². The summed E-state index contributed by atoms with van der Waals surface area (Å²) >= 11 is 9.05. The molecule has 0 aliphatic rings. The lowest BCUT2D eigenvalue weighted by Gasteiger charge is -2.09. The van der Waals surface area contributed by atoms with Crippen molar-refractivity contribution in [1.82, 2.24) is 10.3 Å². The van der Waals surface area contributed by atoms with Gasteiger partial charge in [0.05, 0.1) is 16.3 Å². The predicted octanol–water partition coefficient (Wildman–Crippen LogP) is 5.51. The number of fused-ring (bicyclic) bond motifs is 1. The van der Waals surface area contributed by atoms with Gasteiger partial charge in [-0.2, -0.15) is 0 Å². The number of halogens is 1. The van der Waals surface area contributed by atoms with Crippen LogP contribution in [0, 0.1) is 13.8 Å². The minimum atomic E-state index is 0.0287. The van der Waals surface area contributed by atoms with Gasteiger partial charge >= 0.3 is 0 Å².